The standard InChI is InChI=1S/C55H92O12S/c1-3-5-7-9-11-13-15-17-19-21-22-23-24-25-26-27-28-29-30-32-34-36-38-40-42-44-51(57)65-49(48-64-55-53(59)54(67-68(60,61)62)52(58)50(46-56)66-55)47-63-45-43-41-39-37-35-33-31-20-18-16-14-12-10-8-6-4-2/h5-8,11-14,17-20,22-23,33,35,49-50,52-56,58-59H,3-4,9-10,15-16,21,24-32,34,36-48H2,1-2H3,(H,60,61,62)/b7-5-,8-6-,13-11-,14-12-,19-17-,20-18-,23-22-,35-33-. The predicted molar refractivity (Wildman–Crippen MR) is 275 cm³/mol. The molecule has 1 heterocycles. The number of esters is 1. The molecule has 0 aromatic rings. The first kappa shape index (κ1) is 63.0. The highest BCUT2D eigenvalue weighted by molar-refractivity contribution is 7.80. The lowest BCUT2D eigenvalue weighted by atomic mass is 9.99. The highest BCUT2D eigenvalue weighted by Crippen LogP contribution is 2.26. The van der Waals surface area contributed by atoms with Crippen molar-refractivity contribution in [3.05, 3.63) is 97.2 Å². The molecule has 6 unspecified atom stereocenters. The van der Waals surface area contributed by atoms with Crippen molar-refractivity contribution in [3.8, 4) is 0 Å². The van der Waals surface area contributed by atoms with Gasteiger partial charge < -0.3 is 34.3 Å². The molecule has 1 saturated heterocycles. The third kappa shape index (κ3) is 37.9. The minimum Gasteiger partial charge on any atom is -0.457 e. The van der Waals surface area contributed by atoms with Crippen LogP contribution in [-0.4, -0.2) is 97.5 Å². The molecule has 1 aliphatic rings. The van der Waals surface area contributed by atoms with Crippen LogP contribution in [0.15, 0.2) is 97.2 Å². The zero-order valence-electron chi connectivity index (χ0n) is 41.9. The van der Waals surface area contributed by atoms with Crippen molar-refractivity contribution in [2.75, 3.05) is 26.4 Å². The largest absolute Gasteiger partial charge is 0.457 e. The second-order valence-electron chi connectivity index (χ2n) is 17.3. The molecule has 68 heavy (non-hydrogen) atoms. The fourth-order valence-electron chi connectivity index (χ4n) is 7.36. The van der Waals surface area contributed by atoms with Gasteiger partial charge in [0.25, 0.3) is 0 Å². The van der Waals surface area contributed by atoms with Crippen molar-refractivity contribution in [2.45, 2.75) is 218 Å². The lowest BCUT2D eigenvalue weighted by Crippen LogP contribution is -2.60. The Balaban J connectivity index is 2.35. The summed E-state index contributed by atoms with van der Waals surface area (Å²) in [6.07, 6.45) is 53.0. The van der Waals surface area contributed by atoms with E-state index in [9.17, 15) is 33.1 Å². The molecular weight excluding hydrogens is 885 g/mol. The van der Waals surface area contributed by atoms with Crippen molar-refractivity contribution >= 4 is 16.4 Å². The fourth-order valence-corrected chi connectivity index (χ4v) is 7.87. The van der Waals surface area contributed by atoms with Gasteiger partial charge in [0.05, 0.1) is 19.8 Å². The van der Waals surface area contributed by atoms with E-state index < -0.39 is 59.8 Å². The Labute approximate surface area is 412 Å². The number of allylic oxidation sites excluding steroid dienone is 16. The molecule has 12 nitrogen and oxygen atoms in total. The summed E-state index contributed by atoms with van der Waals surface area (Å²) in [4.78, 5) is 12.9. The van der Waals surface area contributed by atoms with Gasteiger partial charge in [-0.1, -0.05) is 182 Å². The molecule has 390 valence electrons. The molecule has 4 N–H and O–H groups in total. The summed E-state index contributed by atoms with van der Waals surface area (Å²) < 4.78 is 59.2. The Kier molecular flexibility index (Phi) is 41.9. The average Bonchev–Trinajstić information content (AvgIpc) is 3.31. The number of ether oxygens (including phenoxy) is 4. The lowest BCUT2D eigenvalue weighted by molar-refractivity contribution is -0.301. The summed E-state index contributed by atoms with van der Waals surface area (Å²) >= 11 is 0. The minimum absolute atomic E-state index is 0.00839. The van der Waals surface area contributed by atoms with Crippen molar-refractivity contribution in [2.24, 2.45) is 0 Å². The second kappa shape index (κ2) is 45.2. The van der Waals surface area contributed by atoms with E-state index in [2.05, 4.69) is 115 Å². The highest BCUT2D eigenvalue weighted by Gasteiger charge is 2.48. The van der Waals surface area contributed by atoms with Crippen LogP contribution >= 0.6 is 0 Å². The van der Waals surface area contributed by atoms with E-state index in [0.717, 1.165) is 103 Å². The van der Waals surface area contributed by atoms with Gasteiger partial charge in [-0.25, -0.2) is 4.18 Å². The Morgan fingerprint density at radius 1 is 0.559 bits per heavy atom. The summed E-state index contributed by atoms with van der Waals surface area (Å²) in [6.45, 7) is 3.68. The van der Waals surface area contributed by atoms with Crippen LogP contribution < -0.4 is 0 Å². The van der Waals surface area contributed by atoms with E-state index in [1.54, 1.807) is 0 Å². The summed E-state index contributed by atoms with van der Waals surface area (Å²) in [5.41, 5.74) is 0. The van der Waals surface area contributed by atoms with Crippen molar-refractivity contribution in [1.82, 2.24) is 0 Å². The number of unbranched alkanes of at least 4 members (excludes halogenated alkanes) is 15. The second-order valence-corrected chi connectivity index (χ2v) is 18.4. The number of aliphatic hydroxyl groups is 3. The number of aliphatic hydroxyl groups excluding tert-OH is 3. The van der Waals surface area contributed by atoms with Crippen molar-refractivity contribution in [3.63, 3.8) is 0 Å². The van der Waals surface area contributed by atoms with E-state index in [1.165, 1.54) is 51.4 Å². The van der Waals surface area contributed by atoms with Crippen LogP contribution in [0.3, 0.4) is 0 Å². The molecule has 0 aromatic carbocycles. The van der Waals surface area contributed by atoms with Gasteiger partial charge in [-0.3, -0.25) is 9.35 Å². The Bertz CT molecular complexity index is 1550. The molecule has 1 rings (SSSR count). The zero-order valence-corrected chi connectivity index (χ0v) is 42.7. The SMILES string of the molecule is CC/C=C\C/C=C\C/C=C\C/C=C\CCCCCCCCCCCCCCC(=O)OC(COCCCCC/C=C\C/C=C\C/C=C\C/C=C\CC)COC1OC(CO)C(O)C(OS(=O)(=O)O)C1O. The minimum atomic E-state index is -5.08. The van der Waals surface area contributed by atoms with Crippen LogP contribution in [-0.2, 0) is 38.3 Å². The Morgan fingerprint density at radius 2 is 0.971 bits per heavy atom. The van der Waals surface area contributed by atoms with Crippen molar-refractivity contribution in [1.29, 1.82) is 0 Å². The Hall–Kier alpha value is -2.98. The molecule has 0 aliphatic carbocycles. The third-order valence-electron chi connectivity index (χ3n) is 11.2. The maximum absolute atomic E-state index is 12.9. The molecule has 6 atom stereocenters. The lowest BCUT2D eigenvalue weighted by Gasteiger charge is -2.41. The van der Waals surface area contributed by atoms with Gasteiger partial charge >= 0.3 is 16.4 Å². The molecule has 0 amide bonds. The quantitative estimate of drug-likeness (QED) is 0.0197. The van der Waals surface area contributed by atoms with Crippen molar-refractivity contribution < 1.29 is 56.2 Å². The smallest absolute Gasteiger partial charge is 0.397 e. The average molecular weight is 977 g/mol. The number of hydrogen-bond donors (Lipinski definition) is 4. The number of carbonyl (C=O) groups is 1. The van der Waals surface area contributed by atoms with Gasteiger partial charge in [0, 0.05) is 13.0 Å². The van der Waals surface area contributed by atoms with Gasteiger partial charge in [0.15, 0.2) is 6.29 Å². The number of rotatable bonds is 44. The molecule has 0 aromatic heterocycles. The summed E-state index contributed by atoms with van der Waals surface area (Å²) in [5, 5.41) is 30.8. The highest BCUT2D eigenvalue weighted by atomic mass is 32.3. The molecule has 0 radical (unpaired) electrons. The molecule has 0 spiro atoms. The van der Waals surface area contributed by atoms with Gasteiger partial charge in [-0.15, -0.1) is 0 Å². The first-order valence-electron chi connectivity index (χ1n) is 26.0. The van der Waals surface area contributed by atoms with E-state index >= 15 is 0 Å². The molecule has 13 heteroatoms. The first-order valence-corrected chi connectivity index (χ1v) is 27.4. The molecule has 1 fully saturated rings. The molecule has 0 bridgehead atoms. The fraction of sp³-hybridized carbons (Fsp3) is 0.691. The maximum Gasteiger partial charge on any atom is 0.397 e. The maximum atomic E-state index is 12.9. The first-order chi connectivity index (χ1) is 33.1. The van der Waals surface area contributed by atoms with Crippen LogP contribution in [0.1, 0.15) is 181 Å². The predicted octanol–water partition coefficient (Wildman–Crippen LogP) is 12.2. The van der Waals surface area contributed by atoms with Gasteiger partial charge in [-0.2, -0.15) is 8.42 Å². The van der Waals surface area contributed by atoms with Crippen LogP contribution in [0.2, 0.25) is 0 Å². The third-order valence-corrected chi connectivity index (χ3v) is 11.7. The topological polar surface area (TPSA) is 178 Å². The normalized spacial score (nSPS) is 20.1. The van der Waals surface area contributed by atoms with Gasteiger partial charge in [-0.05, 0) is 89.9 Å². The van der Waals surface area contributed by atoms with E-state index in [1.807, 2.05) is 0 Å². The van der Waals surface area contributed by atoms with E-state index in [4.69, 9.17) is 18.9 Å². The number of hydrogen-bond acceptors (Lipinski definition) is 11. The van der Waals surface area contributed by atoms with Crippen LogP contribution in [0.5, 0.6) is 0 Å². The molecular formula is C55H92O12S. The summed E-state index contributed by atoms with van der Waals surface area (Å²) in [7, 11) is -5.08. The summed E-state index contributed by atoms with van der Waals surface area (Å²) in [6, 6.07) is 0. The van der Waals surface area contributed by atoms with Crippen LogP contribution in [0.25, 0.3) is 0 Å². The van der Waals surface area contributed by atoms with E-state index in [-0.39, 0.29) is 19.6 Å². The van der Waals surface area contributed by atoms with Gasteiger partial charge in [0.1, 0.15) is 30.5 Å². The van der Waals surface area contributed by atoms with Crippen LogP contribution in [0.4, 0.5) is 0 Å². The van der Waals surface area contributed by atoms with Crippen LogP contribution in [0, 0.1) is 0 Å². The molecule has 0 saturated carbocycles. The number of carbonyl (C=O) groups excluding carboxylic acids is 1. The Morgan fingerprint density at radius 3 is 1.41 bits per heavy atom. The monoisotopic (exact) mass is 977 g/mol. The molecule has 1 aliphatic heterocycles. The van der Waals surface area contributed by atoms with E-state index in [0.29, 0.717) is 13.0 Å². The zero-order chi connectivity index (χ0) is 49.6. The summed E-state index contributed by atoms with van der Waals surface area (Å²) in [5.74, 6) is -0.417. The van der Waals surface area contributed by atoms with Gasteiger partial charge in [0.2, 0.25) is 0 Å².